The number of nitriles is 1. The average molecular weight is 237 g/mol. The highest BCUT2D eigenvalue weighted by Gasteiger charge is 2.28. The highest BCUT2D eigenvalue weighted by Crippen LogP contribution is 2.22. The fourth-order valence-corrected chi connectivity index (χ4v) is 1.77. The van der Waals surface area contributed by atoms with Crippen LogP contribution in [0.15, 0.2) is 5.11 Å². The molecule has 17 heavy (non-hydrogen) atoms. The van der Waals surface area contributed by atoms with E-state index in [1.165, 1.54) is 0 Å². The Kier molecular flexibility index (Phi) is 8.21. The number of hydrogen-bond acceptors (Lipinski definition) is 3. The molecule has 0 heterocycles. The van der Waals surface area contributed by atoms with Gasteiger partial charge in [0.25, 0.3) is 0 Å². The zero-order chi connectivity index (χ0) is 13.1. The maximum absolute atomic E-state index is 9.33. The van der Waals surface area contributed by atoms with E-state index in [0.717, 1.165) is 32.2 Å². The topological polar surface area (TPSA) is 84.6 Å². The zero-order valence-electron chi connectivity index (χ0n) is 11.1. The van der Waals surface area contributed by atoms with E-state index in [1.54, 1.807) is 0 Å². The molecule has 0 radical (unpaired) electrons. The molecule has 0 amide bonds. The lowest BCUT2D eigenvalue weighted by Gasteiger charge is -2.29. The van der Waals surface area contributed by atoms with Gasteiger partial charge >= 0.3 is 0 Å². The predicted octanol–water partition coefficient (Wildman–Crippen LogP) is 3.38. The van der Waals surface area contributed by atoms with Crippen LogP contribution < -0.4 is 5.32 Å². The van der Waals surface area contributed by atoms with Crippen molar-refractivity contribution in [3.63, 3.8) is 0 Å². The molecule has 0 aliphatic rings. The second-order valence-corrected chi connectivity index (χ2v) is 4.50. The number of nitrogens with one attached hydrogen (secondary N) is 1. The summed E-state index contributed by atoms with van der Waals surface area (Å²) >= 11 is 0. The lowest BCUT2D eigenvalue weighted by Crippen LogP contribution is -2.45. The van der Waals surface area contributed by atoms with Gasteiger partial charge in [0.15, 0.2) is 0 Å². The largest absolute Gasteiger partial charge is 0.299 e. The van der Waals surface area contributed by atoms with Gasteiger partial charge in [0, 0.05) is 11.5 Å². The van der Waals surface area contributed by atoms with E-state index in [4.69, 9.17) is 5.53 Å². The summed E-state index contributed by atoms with van der Waals surface area (Å²) in [6.07, 6.45) is 3.53. The Morgan fingerprint density at radius 3 is 2.71 bits per heavy atom. The smallest absolute Gasteiger partial charge is 0.106 e. The Labute approximate surface area is 104 Å². The van der Waals surface area contributed by atoms with Gasteiger partial charge in [-0.05, 0) is 37.3 Å². The van der Waals surface area contributed by atoms with Gasteiger partial charge in [-0.25, -0.2) is 0 Å². The molecule has 0 aromatic carbocycles. The standard InChI is InChI=1S/C12H23N5/c1-4-11(3)9-12(5-2,10-13)15-7-6-8-16-17-14/h11,15H,4-9H2,1-3H3. The third kappa shape index (κ3) is 6.15. The minimum Gasteiger partial charge on any atom is -0.299 e. The van der Waals surface area contributed by atoms with E-state index < -0.39 is 5.54 Å². The van der Waals surface area contributed by atoms with Crippen molar-refractivity contribution in [3.8, 4) is 6.07 Å². The van der Waals surface area contributed by atoms with E-state index in [0.29, 0.717) is 12.5 Å². The maximum atomic E-state index is 9.33. The van der Waals surface area contributed by atoms with Gasteiger partial charge in [-0.15, -0.1) is 0 Å². The molecular weight excluding hydrogens is 214 g/mol. The predicted molar refractivity (Wildman–Crippen MR) is 69.3 cm³/mol. The first-order valence-electron chi connectivity index (χ1n) is 6.31. The van der Waals surface area contributed by atoms with Gasteiger partial charge in [0.1, 0.15) is 5.54 Å². The van der Waals surface area contributed by atoms with Gasteiger partial charge in [0.05, 0.1) is 6.07 Å². The first-order valence-corrected chi connectivity index (χ1v) is 6.31. The normalized spacial score (nSPS) is 15.4. The molecule has 0 aromatic heterocycles. The fourth-order valence-electron chi connectivity index (χ4n) is 1.77. The van der Waals surface area contributed by atoms with Gasteiger partial charge in [-0.3, -0.25) is 5.32 Å². The van der Waals surface area contributed by atoms with E-state index in [2.05, 4.69) is 35.3 Å². The molecular formula is C12H23N5. The van der Waals surface area contributed by atoms with Crippen molar-refractivity contribution in [1.82, 2.24) is 5.32 Å². The minimum absolute atomic E-state index is 0.425. The van der Waals surface area contributed by atoms with Crippen LogP contribution in [0, 0.1) is 17.2 Å². The molecule has 2 atom stereocenters. The van der Waals surface area contributed by atoms with Crippen molar-refractivity contribution in [2.24, 2.45) is 11.0 Å². The maximum Gasteiger partial charge on any atom is 0.106 e. The number of hydrogen-bond donors (Lipinski definition) is 1. The van der Waals surface area contributed by atoms with Crippen LogP contribution in [0.5, 0.6) is 0 Å². The molecule has 1 N–H and O–H groups in total. The Morgan fingerprint density at radius 2 is 2.24 bits per heavy atom. The van der Waals surface area contributed by atoms with Crippen LogP contribution in [0.2, 0.25) is 0 Å². The second kappa shape index (κ2) is 8.86. The van der Waals surface area contributed by atoms with Crippen LogP contribution in [0.25, 0.3) is 10.4 Å². The lowest BCUT2D eigenvalue weighted by atomic mass is 9.86. The highest BCUT2D eigenvalue weighted by molar-refractivity contribution is 5.06. The number of rotatable bonds is 9. The molecule has 5 nitrogen and oxygen atoms in total. The van der Waals surface area contributed by atoms with Crippen molar-refractivity contribution in [2.75, 3.05) is 13.1 Å². The third-order valence-corrected chi connectivity index (χ3v) is 3.17. The minimum atomic E-state index is -0.425. The lowest BCUT2D eigenvalue weighted by molar-refractivity contribution is 0.313. The molecule has 0 rings (SSSR count). The molecule has 0 saturated carbocycles. The summed E-state index contributed by atoms with van der Waals surface area (Å²) in [5.41, 5.74) is 7.73. The van der Waals surface area contributed by atoms with Gasteiger partial charge < -0.3 is 0 Å². The first-order chi connectivity index (χ1) is 8.14. The van der Waals surface area contributed by atoms with Crippen LogP contribution >= 0.6 is 0 Å². The van der Waals surface area contributed by atoms with Crippen LogP contribution in [0.3, 0.4) is 0 Å². The summed E-state index contributed by atoms with van der Waals surface area (Å²) in [4.78, 5) is 2.70. The van der Waals surface area contributed by atoms with Gasteiger partial charge in [-0.1, -0.05) is 32.3 Å². The SMILES string of the molecule is CCC(C)CC(C#N)(CC)NCCCN=[N+]=[N-]. The van der Waals surface area contributed by atoms with Crippen LogP contribution in [-0.4, -0.2) is 18.6 Å². The molecule has 0 fully saturated rings. The van der Waals surface area contributed by atoms with Crippen LogP contribution in [-0.2, 0) is 0 Å². The van der Waals surface area contributed by atoms with Crippen molar-refractivity contribution in [1.29, 1.82) is 5.26 Å². The summed E-state index contributed by atoms with van der Waals surface area (Å²) in [5, 5.41) is 16.1. The highest BCUT2D eigenvalue weighted by atomic mass is 15.1. The molecule has 2 unspecified atom stereocenters. The van der Waals surface area contributed by atoms with Crippen molar-refractivity contribution < 1.29 is 0 Å². The Balaban J connectivity index is 4.21. The van der Waals surface area contributed by atoms with E-state index >= 15 is 0 Å². The van der Waals surface area contributed by atoms with Gasteiger partial charge in [-0.2, -0.15) is 5.26 Å². The molecule has 0 aromatic rings. The first kappa shape index (κ1) is 15.8. The van der Waals surface area contributed by atoms with Crippen molar-refractivity contribution >= 4 is 0 Å². The molecule has 0 aliphatic carbocycles. The molecule has 5 heteroatoms. The zero-order valence-corrected chi connectivity index (χ0v) is 11.1. The molecule has 0 aliphatic heterocycles. The van der Waals surface area contributed by atoms with E-state index in [1.807, 2.05) is 6.92 Å². The third-order valence-electron chi connectivity index (χ3n) is 3.17. The molecule has 96 valence electrons. The Bertz CT molecular complexity index is 290. The number of nitrogens with zero attached hydrogens (tertiary/aromatic N) is 4. The molecule has 0 saturated heterocycles. The molecule has 0 bridgehead atoms. The second-order valence-electron chi connectivity index (χ2n) is 4.50. The Morgan fingerprint density at radius 1 is 1.53 bits per heavy atom. The quantitative estimate of drug-likeness (QED) is 0.288. The van der Waals surface area contributed by atoms with Crippen molar-refractivity contribution in [3.05, 3.63) is 10.4 Å². The average Bonchev–Trinajstić information content (AvgIpc) is 2.37. The van der Waals surface area contributed by atoms with Crippen molar-refractivity contribution in [2.45, 2.75) is 52.0 Å². The van der Waals surface area contributed by atoms with Gasteiger partial charge in [0.2, 0.25) is 0 Å². The van der Waals surface area contributed by atoms with E-state index in [9.17, 15) is 5.26 Å². The summed E-state index contributed by atoms with van der Waals surface area (Å²) in [5.74, 6) is 0.541. The summed E-state index contributed by atoms with van der Waals surface area (Å²) in [7, 11) is 0. The number of azide groups is 1. The summed E-state index contributed by atoms with van der Waals surface area (Å²) in [6, 6.07) is 2.41. The van der Waals surface area contributed by atoms with Crippen LogP contribution in [0.4, 0.5) is 0 Å². The Hall–Kier alpha value is -1.24. The van der Waals surface area contributed by atoms with Crippen LogP contribution in [0.1, 0.15) is 46.5 Å². The molecule has 0 spiro atoms. The summed E-state index contributed by atoms with van der Waals surface area (Å²) < 4.78 is 0. The fraction of sp³-hybridized carbons (Fsp3) is 0.917. The summed E-state index contributed by atoms with van der Waals surface area (Å²) in [6.45, 7) is 7.55. The van der Waals surface area contributed by atoms with E-state index in [-0.39, 0.29) is 0 Å². The monoisotopic (exact) mass is 237 g/mol.